The molecule has 25 heavy (non-hydrogen) atoms. The van der Waals surface area contributed by atoms with Crippen molar-refractivity contribution in [3.63, 3.8) is 0 Å². The molecular weight excluding hydrogens is 425 g/mol. The summed E-state index contributed by atoms with van der Waals surface area (Å²) < 4.78 is 13.1. The van der Waals surface area contributed by atoms with E-state index in [1.54, 1.807) is 0 Å². The van der Waals surface area contributed by atoms with Crippen molar-refractivity contribution in [1.82, 2.24) is 4.90 Å². The van der Waals surface area contributed by atoms with Gasteiger partial charge in [-0.3, -0.25) is 4.90 Å². The number of hydrogen-bond acceptors (Lipinski definition) is 3. The van der Waals surface area contributed by atoms with Gasteiger partial charge in [-0.1, -0.05) is 67.1 Å². The molecule has 0 bridgehead atoms. The molecule has 2 heterocycles. The minimum Gasteiger partial charge on any atom is -0.334 e. The van der Waals surface area contributed by atoms with Crippen LogP contribution < -0.4 is 0 Å². The zero-order valence-corrected chi connectivity index (χ0v) is 17.0. The Balaban J connectivity index is 0.00000182. The summed E-state index contributed by atoms with van der Waals surface area (Å²) in [6, 6.07) is 20.9. The van der Waals surface area contributed by atoms with Gasteiger partial charge < -0.3 is 9.47 Å². The molecular formula is C21H26INO2. The first-order chi connectivity index (χ1) is 11.7. The molecule has 1 unspecified atom stereocenters. The Bertz CT molecular complexity index is 633. The van der Waals surface area contributed by atoms with Gasteiger partial charge in [0, 0.05) is 20.0 Å². The van der Waals surface area contributed by atoms with E-state index in [1.165, 1.54) is 19.3 Å². The molecule has 0 radical (unpaired) electrons. The Morgan fingerprint density at radius 1 is 0.800 bits per heavy atom. The number of hydrogen-bond donors (Lipinski definition) is 0. The van der Waals surface area contributed by atoms with Crippen LogP contribution >= 0.6 is 24.0 Å². The van der Waals surface area contributed by atoms with Crippen LogP contribution in [0.15, 0.2) is 60.7 Å². The molecule has 0 saturated carbocycles. The predicted molar refractivity (Wildman–Crippen MR) is 110 cm³/mol. The van der Waals surface area contributed by atoms with Crippen molar-refractivity contribution in [2.45, 2.75) is 37.7 Å². The molecule has 2 aliphatic rings. The Hall–Kier alpha value is -0.950. The van der Waals surface area contributed by atoms with Gasteiger partial charge in [-0.2, -0.15) is 0 Å². The molecule has 2 fully saturated rings. The van der Waals surface area contributed by atoms with Crippen molar-refractivity contribution in [1.29, 1.82) is 0 Å². The molecule has 0 amide bonds. The van der Waals surface area contributed by atoms with Crippen molar-refractivity contribution >= 4 is 24.0 Å². The van der Waals surface area contributed by atoms with Crippen molar-refractivity contribution in [2.24, 2.45) is 0 Å². The van der Waals surface area contributed by atoms with Gasteiger partial charge in [-0.15, -0.1) is 24.0 Å². The third-order valence-corrected chi connectivity index (χ3v) is 5.32. The predicted octanol–water partition coefficient (Wildman–Crippen LogP) is 4.75. The Morgan fingerprint density at radius 2 is 1.32 bits per heavy atom. The summed E-state index contributed by atoms with van der Waals surface area (Å²) in [6.07, 6.45) is 3.73. The fourth-order valence-corrected chi connectivity index (χ4v) is 3.94. The van der Waals surface area contributed by atoms with Crippen LogP contribution in [0, 0.1) is 0 Å². The van der Waals surface area contributed by atoms with Crippen molar-refractivity contribution in [3.05, 3.63) is 71.8 Å². The van der Waals surface area contributed by atoms with E-state index in [1.807, 2.05) is 12.1 Å². The number of rotatable bonds is 3. The maximum Gasteiger partial charge on any atom is 0.228 e. The topological polar surface area (TPSA) is 21.7 Å². The molecule has 4 heteroatoms. The minimum atomic E-state index is -0.661. The average Bonchev–Trinajstić information content (AvgIpc) is 3.04. The number of nitrogens with zero attached hydrogens (tertiary/aromatic N) is 1. The minimum absolute atomic E-state index is 0. The van der Waals surface area contributed by atoms with Crippen LogP contribution in [0.4, 0.5) is 0 Å². The van der Waals surface area contributed by atoms with E-state index in [0.29, 0.717) is 6.61 Å². The molecule has 0 aliphatic carbocycles. The van der Waals surface area contributed by atoms with Crippen LogP contribution in [0.3, 0.4) is 0 Å². The third-order valence-electron chi connectivity index (χ3n) is 5.32. The molecule has 2 aliphatic heterocycles. The molecule has 0 spiro atoms. The van der Waals surface area contributed by atoms with E-state index in [4.69, 9.17) is 9.47 Å². The van der Waals surface area contributed by atoms with E-state index in [2.05, 4.69) is 60.4 Å². The van der Waals surface area contributed by atoms with Crippen LogP contribution in [0.1, 0.15) is 37.3 Å². The van der Waals surface area contributed by atoms with Gasteiger partial charge >= 0.3 is 0 Å². The maximum absolute atomic E-state index is 6.75. The second kappa shape index (κ2) is 7.74. The van der Waals surface area contributed by atoms with E-state index in [-0.39, 0.29) is 24.0 Å². The highest BCUT2D eigenvalue weighted by molar-refractivity contribution is 14.0. The van der Waals surface area contributed by atoms with E-state index >= 15 is 0 Å². The van der Waals surface area contributed by atoms with Gasteiger partial charge in [0.25, 0.3) is 0 Å². The summed E-state index contributed by atoms with van der Waals surface area (Å²) in [6.45, 7) is 4.69. The summed E-state index contributed by atoms with van der Waals surface area (Å²) in [5.74, 6) is -0.661. The summed E-state index contributed by atoms with van der Waals surface area (Å²) in [5, 5.41) is 0. The van der Waals surface area contributed by atoms with Gasteiger partial charge in [0.2, 0.25) is 5.91 Å². The normalized spacial score (nSPS) is 26.1. The van der Waals surface area contributed by atoms with Gasteiger partial charge in [0.05, 0.1) is 6.61 Å². The molecule has 2 aromatic carbocycles. The van der Waals surface area contributed by atoms with Crippen LogP contribution in [-0.4, -0.2) is 30.5 Å². The second-order valence-corrected chi connectivity index (χ2v) is 6.90. The molecule has 4 rings (SSSR count). The molecule has 3 nitrogen and oxygen atoms in total. The third kappa shape index (κ3) is 3.50. The van der Waals surface area contributed by atoms with Crippen LogP contribution in [0.25, 0.3) is 0 Å². The molecule has 134 valence electrons. The second-order valence-electron chi connectivity index (χ2n) is 6.90. The van der Waals surface area contributed by atoms with Gasteiger partial charge in [0.1, 0.15) is 5.60 Å². The van der Waals surface area contributed by atoms with Crippen LogP contribution in [0.2, 0.25) is 0 Å². The first kappa shape index (κ1) is 18.8. The van der Waals surface area contributed by atoms with Gasteiger partial charge in [-0.05, 0) is 24.0 Å². The quantitative estimate of drug-likeness (QED) is 0.629. The summed E-state index contributed by atoms with van der Waals surface area (Å²) in [5.41, 5.74) is 1.75. The Labute approximate surface area is 167 Å². The van der Waals surface area contributed by atoms with E-state index < -0.39 is 11.5 Å². The lowest BCUT2D eigenvalue weighted by atomic mass is 9.87. The van der Waals surface area contributed by atoms with Gasteiger partial charge in [-0.25, -0.2) is 0 Å². The number of halogens is 1. The smallest absolute Gasteiger partial charge is 0.228 e. The lowest BCUT2D eigenvalue weighted by Crippen LogP contribution is -2.51. The number of likely N-dealkylation sites (tertiary alicyclic amines) is 1. The van der Waals surface area contributed by atoms with Gasteiger partial charge in [0.15, 0.2) is 0 Å². The highest BCUT2D eigenvalue weighted by Gasteiger charge is 2.52. The largest absolute Gasteiger partial charge is 0.334 e. The summed E-state index contributed by atoms with van der Waals surface area (Å²) >= 11 is 0. The van der Waals surface area contributed by atoms with Crippen molar-refractivity contribution in [3.8, 4) is 0 Å². The highest BCUT2D eigenvalue weighted by atomic mass is 127. The molecule has 1 atom stereocenters. The molecule has 0 aromatic heterocycles. The molecule has 2 saturated heterocycles. The zero-order valence-electron chi connectivity index (χ0n) is 14.7. The standard InChI is InChI=1S/C21H25NO2.HI/c1-20(22-15-9-4-10-16-22)23-17-21(24-20,18-11-5-2-6-12-18)19-13-7-3-8-14-19;/h2-3,5-8,11-14H,4,9-10,15-17H2,1H3;1H. The SMILES string of the molecule is CC1(N2CCCCC2)OCC(c2ccccc2)(c2ccccc2)O1.I. The van der Waals surface area contributed by atoms with Crippen molar-refractivity contribution in [2.75, 3.05) is 19.7 Å². The van der Waals surface area contributed by atoms with Crippen LogP contribution in [0.5, 0.6) is 0 Å². The average molecular weight is 451 g/mol. The maximum atomic E-state index is 6.75. The summed E-state index contributed by atoms with van der Waals surface area (Å²) in [7, 11) is 0. The van der Waals surface area contributed by atoms with Crippen molar-refractivity contribution < 1.29 is 9.47 Å². The fraction of sp³-hybridized carbons (Fsp3) is 0.429. The number of benzene rings is 2. The first-order valence-corrected chi connectivity index (χ1v) is 8.93. The molecule has 0 N–H and O–H groups in total. The monoisotopic (exact) mass is 451 g/mol. The van der Waals surface area contributed by atoms with Crippen LogP contribution in [-0.2, 0) is 15.1 Å². The Morgan fingerprint density at radius 3 is 1.84 bits per heavy atom. The first-order valence-electron chi connectivity index (χ1n) is 8.93. The lowest BCUT2D eigenvalue weighted by molar-refractivity contribution is -0.266. The zero-order chi connectivity index (χ0) is 16.5. The lowest BCUT2D eigenvalue weighted by Gasteiger charge is -2.40. The fourth-order valence-electron chi connectivity index (χ4n) is 3.94. The Kier molecular flexibility index (Phi) is 5.83. The molecule has 2 aromatic rings. The van der Waals surface area contributed by atoms with E-state index in [9.17, 15) is 0 Å². The highest BCUT2D eigenvalue weighted by Crippen LogP contribution is 2.45. The number of ether oxygens (including phenoxy) is 2. The summed E-state index contributed by atoms with van der Waals surface area (Å²) in [4.78, 5) is 2.35. The number of piperidine rings is 1. The van der Waals surface area contributed by atoms with E-state index in [0.717, 1.165) is 24.2 Å².